The third-order valence-corrected chi connectivity index (χ3v) is 4.11. The van der Waals surface area contributed by atoms with Crippen molar-refractivity contribution in [2.75, 3.05) is 18.6 Å². The van der Waals surface area contributed by atoms with Gasteiger partial charge in [-0.2, -0.15) is 0 Å². The van der Waals surface area contributed by atoms with E-state index in [1.54, 1.807) is 7.11 Å². The molecule has 3 rings (SSSR count). The molecule has 0 unspecified atom stereocenters. The average molecular weight is 298 g/mol. The Kier molecular flexibility index (Phi) is 3.80. The first-order valence-electron chi connectivity index (χ1n) is 6.98. The Hall–Kier alpha value is -2.07. The van der Waals surface area contributed by atoms with Crippen LogP contribution >= 0.6 is 12.2 Å². The molecule has 0 saturated heterocycles. The highest BCUT2D eigenvalue weighted by Crippen LogP contribution is 2.29. The van der Waals surface area contributed by atoms with Crippen LogP contribution in [0.3, 0.4) is 0 Å². The van der Waals surface area contributed by atoms with E-state index in [2.05, 4.69) is 35.2 Å². The smallest absolute Gasteiger partial charge is 0.129 e. The van der Waals surface area contributed by atoms with Gasteiger partial charge in [0.05, 0.1) is 12.7 Å². The third kappa shape index (κ3) is 2.72. The first-order chi connectivity index (χ1) is 10.2. The molecule has 4 heteroatoms. The van der Waals surface area contributed by atoms with Crippen molar-refractivity contribution in [1.29, 1.82) is 0 Å². The van der Waals surface area contributed by atoms with E-state index in [1.807, 2.05) is 12.1 Å². The molecule has 0 aromatic heterocycles. The Morgan fingerprint density at radius 2 is 2.10 bits per heavy atom. The number of hydrogen-bond acceptors (Lipinski definition) is 3. The van der Waals surface area contributed by atoms with Gasteiger partial charge in [-0.25, -0.2) is 0 Å². The number of nitrogens with zero attached hydrogens (tertiary/aromatic N) is 1. The van der Waals surface area contributed by atoms with Crippen LogP contribution in [0.1, 0.15) is 16.7 Å². The summed E-state index contributed by atoms with van der Waals surface area (Å²) in [6.07, 6.45) is 1.11. The van der Waals surface area contributed by atoms with E-state index in [0.717, 1.165) is 30.8 Å². The van der Waals surface area contributed by atoms with Crippen LogP contribution in [0.15, 0.2) is 42.5 Å². The highest BCUT2D eigenvalue weighted by molar-refractivity contribution is 7.80. The van der Waals surface area contributed by atoms with Crippen molar-refractivity contribution in [1.82, 2.24) is 0 Å². The molecule has 0 amide bonds. The number of thiocarbonyl (C=S) groups is 1. The quantitative estimate of drug-likeness (QED) is 0.881. The van der Waals surface area contributed by atoms with Gasteiger partial charge in [0.15, 0.2) is 0 Å². The Bertz CT molecular complexity index is 684. The molecule has 2 N–H and O–H groups in total. The molecule has 0 fully saturated rings. The summed E-state index contributed by atoms with van der Waals surface area (Å²) >= 11 is 5.11. The van der Waals surface area contributed by atoms with Crippen molar-refractivity contribution < 1.29 is 4.74 Å². The van der Waals surface area contributed by atoms with E-state index in [4.69, 9.17) is 22.7 Å². The van der Waals surface area contributed by atoms with E-state index in [-0.39, 0.29) is 0 Å². The Labute approximate surface area is 130 Å². The zero-order valence-corrected chi connectivity index (χ0v) is 12.8. The van der Waals surface area contributed by atoms with Crippen LogP contribution in [-0.4, -0.2) is 18.6 Å². The average Bonchev–Trinajstić information content (AvgIpc) is 2.90. The Morgan fingerprint density at radius 3 is 2.86 bits per heavy atom. The molecular formula is C17H18N2OS. The second-order valence-electron chi connectivity index (χ2n) is 5.20. The van der Waals surface area contributed by atoms with E-state index in [1.165, 1.54) is 16.8 Å². The van der Waals surface area contributed by atoms with Gasteiger partial charge in [0.25, 0.3) is 0 Å². The standard InChI is InChI=1S/C17H18N2OS/c1-20-16-7-6-12(10-14(16)17(18)21)11-19-9-8-13-4-2-3-5-15(13)19/h2-7,10H,8-9,11H2,1H3,(H2,18,21). The number of benzene rings is 2. The molecule has 2 aromatic rings. The molecule has 0 atom stereocenters. The molecule has 0 saturated carbocycles. The second-order valence-corrected chi connectivity index (χ2v) is 5.64. The number of methoxy groups -OCH3 is 1. The van der Waals surface area contributed by atoms with Gasteiger partial charge in [0.2, 0.25) is 0 Å². The number of fused-ring (bicyclic) bond motifs is 1. The summed E-state index contributed by atoms with van der Waals surface area (Å²) in [4.78, 5) is 2.76. The lowest BCUT2D eigenvalue weighted by Crippen LogP contribution is -2.20. The second kappa shape index (κ2) is 5.74. The van der Waals surface area contributed by atoms with Crippen molar-refractivity contribution in [3.05, 3.63) is 59.2 Å². The van der Waals surface area contributed by atoms with Gasteiger partial charge in [-0.1, -0.05) is 36.5 Å². The van der Waals surface area contributed by atoms with Crippen molar-refractivity contribution in [3.63, 3.8) is 0 Å². The molecule has 1 heterocycles. The summed E-state index contributed by atoms with van der Waals surface area (Å²) in [7, 11) is 1.63. The lowest BCUT2D eigenvalue weighted by molar-refractivity contribution is 0.414. The van der Waals surface area contributed by atoms with Crippen molar-refractivity contribution in [2.45, 2.75) is 13.0 Å². The zero-order valence-electron chi connectivity index (χ0n) is 12.0. The van der Waals surface area contributed by atoms with E-state index in [9.17, 15) is 0 Å². The van der Waals surface area contributed by atoms with Gasteiger partial charge in [-0.15, -0.1) is 0 Å². The third-order valence-electron chi connectivity index (χ3n) is 3.89. The molecule has 3 nitrogen and oxygen atoms in total. The minimum absolute atomic E-state index is 0.371. The SMILES string of the molecule is COc1ccc(CN2CCc3ccccc32)cc1C(N)=S. The maximum absolute atomic E-state index is 5.78. The molecule has 2 aromatic carbocycles. The minimum Gasteiger partial charge on any atom is -0.496 e. The molecule has 21 heavy (non-hydrogen) atoms. The largest absolute Gasteiger partial charge is 0.496 e. The normalized spacial score (nSPS) is 13.1. The molecule has 1 aliphatic rings. The Morgan fingerprint density at radius 1 is 1.29 bits per heavy atom. The van der Waals surface area contributed by atoms with Gasteiger partial charge in [-0.3, -0.25) is 0 Å². The Balaban J connectivity index is 1.86. The number of rotatable bonds is 4. The van der Waals surface area contributed by atoms with Crippen molar-refractivity contribution in [2.24, 2.45) is 5.73 Å². The summed E-state index contributed by atoms with van der Waals surface area (Å²) in [5, 5.41) is 0. The van der Waals surface area contributed by atoms with Gasteiger partial charge in [-0.05, 0) is 35.7 Å². The van der Waals surface area contributed by atoms with Crippen LogP contribution in [-0.2, 0) is 13.0 Å². The molecule has 108 valence electrons. The highest BCUT2D eigenvalue weighted by Gasteiger charge is 2.18. The van der Waals surface area contributed by atoms with Crippen LogP contribution in [0.4, 0.5) is 5.69 Å². The maximum atomic E-state index is 5.78. The molecular weight excluding hydrogens is 280 g/mol. The van der Waals surface area contributed by atoms with E-state index in [0.29, 0.717) is 4.99 Å². The summed E-state index contributed by atoms with van der Waals surface area (Å²) in [6.45, 7) is 1.91. The fourth-order valence-electron chi connectivity index (χ4n) is 2.84. The molecule has 0 aliphatic carbocycles. The maximum Gasteiger partial charge on any atom is 0.129 e. The summed E-state index contributed by atoms with van der Waals surface area (Å²) in [5.41, 5.74) is 10.5. The van der Waals surface area contributed by atoms with Gasteiger partial charge in [0.1, 0.15) is 10.7 Å². The molecule has 0 bridgehead atoms. The van der Waals surface area contributed by atoms with Crippen molar-refractivity contribution >= 4 is 22.9 Å². The predicted octanol–water partition coefficient (Wildman–Crippen LogP) is 2.89. The highest BCUT2D eigenvalue weighted by atomic mass is 32.1. The summed E-state index contributed by atoms with van der Waals surface area (Å²) < 4.78 is 5.31. The number of nitrogens with two attached hydrogens (primary N) is 1. The van der Waals surface area contributed by atoms with Gasteiger partial charge >= 0.3 is 0 Å². The van der Waals surface area contributed by atoms with Crippen LogP contribution < -0.4 is 15.4 Å². The fraction of sp³-hybridized carbons (Fsp3) is 0.235. The van der Waals surface area contributed by atoms with Crippen LogP contribution in [0.2, 0.25) is 0 Å². The summed E-state index contributed by atoms with van der Waals surface area (Å²) in [5.74, 6) is 0.730. The topological polar surface area (TPSA) is 38.5 Å². The van der Waals surface area contributed by atoms with Crippen LogP contribution in [0.25, 0.3) is 0 Å². The minimum atomic E-state index is 0.371. The first kappa shape index (κ1) is 13.9. The first-order valence-corrected chi connectivity index (χ1v) is 7.39. The number of ether oxygens (including phenoxy) is 1. The van der Waals surface area contributed by atoms with E-state index < -0.39 is 0 Å². The zero-order chi connectivity index (χ0) is 14.8. The number of para-hydroxylation sites is 1. The molecule has 0 spiro atoms. The number of hydrogen-bond donors (Lipinski definition) is 1. The molecule has 0 radical (unpaired) electrons. The summed E-state index contributed by atoms with van der Waals surface area (Å²) in [6, 6.07) is 14.6. The predicted molar refractivity (Wildman–Crippen MR) is 90.1 cm³/mol. The lowest BCUT2D eigenvalue weighted by Gasteiger charge is -2.20. The van der Waals surface area contributed by atoms with Crippen LogP contribution in [0, 0.1) is 0 Å². The van der Waals surface area contributed by atoms with E-state index >= 15 is 0 Å². The lowest BCUT2D eigenvalue weighted by atomic mass is 10.1. The fourth-order valence-corrected chi connectivity index (χ4v) is 3.00. The number of anilines is 1. The van der Waals surface area contributed by atoms with Gasteiger partial charge in [0, 0.05) is 18.8 Å². The van der Waals surface area contributed by atoms with Crippen LogP contribution in [0.5, 0.6) is 5.75 Å². The monoisotopic (exact) mass is 298 g/mol. The van der Waals surface area contributed by atoms with Crippen molar-refractivity contribution in [3.8, 4) is 5.75 Å². The molecule has 1 aliphatic heterocycles. The van der Waals surface area contributed by atoms with Gasteiger partial charge < -0.3 is 15.4 Å².